The Kier molecular flexibility index (Phi) is 3.17. The number of aromatic nitrogens is 2. The Morgan fingerprint density at radius 2 is 1.64 bits per heavy atom. The first kappa shape index (κ1) is 14.3. The third-order valence-electron chi connectivity index (χ3n) is 5.06. The van der Waals surface area contributed by atoms with Crippen LogP contribution < -0.4 is 4.90 Å². The van der Waals surface area contributed by atoms with E-state index in [1.165, 1.54) is 18.2 Å². The molecule has 3 aromatic carbocycles. The quantitative estimate of drug-likeness (QED) is 0.561. The van der Waals surface area contributed by atoms with Gasteiger partial charge in [-0.15, -0.1) is 0 Å². The van der Waals surface area contributed by atoms with Crippen LogP contribution in [0.5, 0.6) is 5.75 Å². The molecule has 25 heavy (non-hydrogen) atoms. The molecule has 1 fully saturated rings. The molecule has 0 aliphatic carbocycles. The Morgan fingerprint density at radius 3 is 2.40 bits per heavy atom. The van der Waals surface area contributed by atoms with Crippen LogP contribution >= 0.6 is 0 Å². The summed E-state index contributed by atoms with van der Waals surface area (Å²) in [5, 5.41) is 11.9. The SMILES string of the molecule is Oc1ccc(-c2cc3[nH]c(N4CCCC4)nc3c3ccccc23)cc1. The Hall–Kier alpha value is -3.01. The van der Waals surface area contributed by atoms with Crippen molar-refractivity contribution in [1.82, 2.24) is 9.97 Å². The van der Waals surface area contributed by atoms with Crippen molar-refractivity contribution in [2.75, 3.05) is 18.0 Å². The van der Waals surface area contributed by atoms with Gasteiger partial charge < -0.3 is 15.0 Å². The number of nitrogens with zero attached hydrogens (tertiary/aromatic N) is 2. The van der Waals surface area contributed by atoms with Crippen LogP contribution in [0.3, 0.4) is 0 Å². The standard InChI is InChI=1S/C21H19N3O/c25-15-9-7-14(8-10-15)18-13-19-20(17-6-2-1-5-16(17)18)23-21(22-19)24-11-3-4-12-24/h1-2,5-10,13,25H,3-4,11-12H2,(H,22,23). The topological polar surface area (TPSA) is 52.1 Å². The first-order valence-electron chi connectivity index (χ1n) is 8.75. The summed E-state index contributed by atoms with van der Waals surface area (Å²) in [5.74, 6) is 1.26. The number of aromatic amines is 1. The molecule has 124 valence electrons. The predicted molar refractivity (Wildman–Crippen MR) is 102 cm³/mol. The summed E-state index contributed by atoms with van der Waals surface area (Å²) in [6.07, 6.45) is 2.47. The molecule has 1 saturated heterocycles. The summed E-state index contributed by atoms with van der Waals surface area (Å²) in [7, 11) is 0. The number of aromatic hydroxyl groups is 1. The van der Waals surface area contributed by atoms with Crippen molar-refractivity contribution < 1.29 is 5.11 Å². The largest absolute Gasteiger partial charge is 0.508 e. The highest BCUT2D eigenvalue weighted by Gasteiger charge is 2.18. The Balaban J connectivity index is 1.77. The summed E-state index contributed by atoms with van der Waals surface area (Å²) < 4.78 is 0. The van der Waals surface area contributed by atoms with Crippen LogP contribution in [0.2, 0.25) is 0 Å². The second-order valence-corrected chi connectivity index (χ2v) is 6.67. The highest BCUT2D eigenvalue weighted by Crippen LogP contribution is 2.35. The molecule has 1 aromatic heterocycles. The molecule has 0 radical (unpaired) electrons. The molecular formula is C21H19N3O. The van der Waals surface area contributed by atoms with Gasteiger partial charge in [0.2, 0.25) is 5.95 Å². The zero-order valence-corrected chi connectivity index (χ0v) is 13.9. The van der Waals surface area contributed by atoms with E-state index >= 15 is 0 Å². The number of phenolic OH excluding ortho intramolecular Hbond substituents is 1. The van der Waals surface area contributed by atoms with Crippen molar-refractivity contribution in [2.45, 2.75) is 12.8 Å². The van der Waals surface area contributed by atoms with Crippen LogP contribution in [0, 0.1) is 0 Å². The minimum Gasteiger partial charge on any atom is -0.508 e. The third kappa shape index (κ3) is 2.33. The van der Waals surface area contributed by atoms with Gasteiger partial charge in [0.05, 0.1) is 11.0 Å². The lowest BCUT2D eigenvalue weighted by atomic mass is 9.97. The van der Waals surface area contributed by atoms with E-state index in [0.29, 0.717) is 0 Å². The monoisotopic (exact) mass is 329 g/mol. The van der Waals surface area contributed by atoms with E-state index in [1.807, 2.05) is 12.1 Å². The first-order chi connectivity index (χ1) is 12.3. The van der Waals surface area contributed by atoms with Crippen LogP contribution in [0.25, 0.3) is 32.9 Å². The number of hydrogen-bond donors (Lipinski definition) is 2. The Bertz CT molecular complexity index is 1060. The number of benzene rings is 3. The Morgan fingerprint density at radius 1 is 0.920 bits per heavy atom. The lowest BCUT2D eigenvalue weighted by Gasteiger charge is -2.12. The molecule has 2 N–H and O–H groups in total. The Labute approximate surface area is 145 Å². The summed E-state index contributed by atoms with van der Waals surface area (Å²) in [6.45, 7) is 2.14. The maximum Gasteiger partial charge on any atom is 0.203 e. The van der Waals surface area contributed by atoms with Crippen molar-refractivity contribution in [1.29, 1.82) is 0 Å². The highest BCUT2D eigenvalue weighted by atomic mass is 16.3. The lowest BCUT2D eigenvalue weighted by Crippen LogP contribution is -2.18. The number of nitrogens with one attached hydrogen (secondary N) is 1. The van der Waals surface area contributed by atoms with Gasteiger partial charge in [-0.3, -0.25) is 0 Å². The molecule has 0 atom stereocenters. The third-order valence-corrected chi connectivity index (χ3v) is 5.06. The molecule has 0 bridgehead atoms. The molecule has 2 heterocycles. The minimum atomic E-state index is 0.284. The van der Waals surface area contributed by atoms with E-state index in [-0.39, 0.29) is 5.75 Å². The molecule has 4 aromatic rings. The maximum atomic E-state index is 9.59. The second kappa shape index (κ2) is 5.52. The second-order valence-electron chi connectivity index (χ2n) is 6.67. The lowest BCUT2D eigenvalue weighted by molar-refractivity contribution is 0.475. The molecule has 5 rings (SSSR count). The van der Waals surface area contributed by atoms with Crippen LogP contribution in [-0.4, -0.2) is 28.2 Å². The van der Waals surface area contributed by atoms with E-state index in [2.05, 4.69) is 40.2 Å². The van der Waals surface area contributed by atoms with Gasteiger partial charge in [-0.25, -0.2) is 4.98 Å². The van der Waals surface area contributed by atoms with Crippen molar-refractivity contribution in [3.8, 4) is 16.9 Å². The molecule has 0 amide bonds. The van der Waals surface area contributed by atoms with Crippen LogP contribution in [0.4, 0.5) is 5.95 Å². The first-order valence-corrected chi connectivity index (χ1v) is 8.75. The van der Waals surface area contributed by atoms with Gasteiger partial charge in [0.15, 0.2) is 0 Å². The zero-order chi connectivity index (χ0) is 16.8. The van der Waals surface area contributed by atoms with Gasteiger partial charge in [0.25, 0.3) is 0 Å². The van der Waals surface area contributed by atoms with E-state index < -0.39 is 0 Å². The van der Waals surface area contributed by atoms with Crippen molar-refractivity contribution >= 4 is 27.8 Å². The van der Waals surface area contributed by atoms with E-state index in [4.69, 9.17) is 4.98 Å². The number of H-pyrrole nitrogens is 1. The van der Waals surface area contributed by atoms with E-state index in [0.717, 1.165) is 46.6 Å². The molecular weight excluding hydrogens is 310 g/mol. The average Bonchev–Trinajstić information content (AvgIpc) is 3.31. The zero-order valence-electron chi connectivity index (χ0n) is 13.9. The summed E-state index contributed by atoms with van der Waals surface area (Å²) in [4.78, 5) is 10.7. The number of anilines is 1. The van der Waals surface area contributed by atoms with Crippen molar-refractivity contribution in [2.24, 2.45) is 0 Å². The van der Waals surface area contributed by atoms with Gasteiger partial charge in [-0.2, -0.15) is 0 Å². The molecule has 4 heteroatoms. The van der Waals surface area contributed by atoms with E-state index in [1.54, 1.807) is 12.1 Å². The summed E-state index contributed by atoms with van der Waals surface area (Å²) in [5.41, 5.74) is 4.33. The fourth-order valence-corrected chi connectivity index (χ4v) is 3.79. The number of fused-ring (bicyclic) bond motifs is 3. The van der Waals surface area contributed by atoms with Gasteiger partial charge in [0, 0.05) is 18.5 Å². The number of rotatable bonds is 2. The highest BCUT2D eigenvalue weighted by molar-refractivity contribution is 6.11. The summed E-state index contributed by atoms with van der Waals surface area (Å²) in [6, 6.07) is 18.0. The fraction of sp³-hybridized carbons (Fsp3) is 0.190. The van der Waals surface area contributed by atoms with E-state index in [9.17, 15) is 5.11 Å². The maximum absolute atomic E-state index is 9.59. The molecule has 4 nitrogen and oxygen atoms in total. The van der Waals surface area contributed by atoms with Gasteiger partial charge >= 0.3 is 0 Å². The number of hydrogen-bond acceptors (Lipinski definition) is 3. The fourth-order valence-electron chi connectivity index (χ4n) is 3.79. The molecule has 0 saturated carbocycles. The number of phenols is 1. The molecule has 0 unspecified atom stereocenters. The average molecular weight is 329 g/mol. The van der Waals surface area contributed by atoms with Gasteiger partial charge in [0.1, 0.15) is 5.75 Å². The molecule has 1 aliphatic heterocycles. The van der Waals surface area contributed by atoms with Crippen LogP contribution in [0.15, 0.2) is 54.6 Å². The number of imidazole rings is 1. The van der Waals surface area contributed by atoms with Crippen molar-refractivity contribution in [3.05, 3.63) is 54.6 Å². The van der Waals surface area contributed by atoms with Gasteiger partial charge in [-0.1, -0.05) is 36.4 Å². The smallest absolute Gasteiger partial charge is 0.203 e. The van der Waals surface area contributed by atoms with Gasteiger partial charge in [-0.05, 0) is 47.6 Å². The summed E-state index contributed by atoms with van der Waals surface area (Å²) >= 11 is 0. The van der Waals surface area contributed by atoms with Crippen molar-refractivity contribution in [3.63, 3.8) is 0 Å². The normalized spacial score (nSPS) is 14.6. The predicted octanol–water partition coefficient (Wildman–Crippen LogP) is 4.69. The molecule has 0 spiro atoms. The minimum absolute atomic E-state index is 0.284. The van der Waals surface area contributed by atoms with Crippen LogP contribution in [-0.2, 0) is 0 Å². The van der Waals surface area contributed by atoms with Crippen LogP contribution in [0.1, 0.15) is 12.8 Å². The molecule has 1 aliphatic rings.